The molecule has 0 amide bonds. The Hall–Kier alpha value is -0.0100. The predicted octanol–water partition coefficient (Wildman–Crippen LogP) is -0.796. The van der Waals surface area contributed by atoms with Crippen LogP contribution in [0.2, 0.25) is 0 Å². The van der Waals surface area contributed by atoms with Gasteiger partial charge in [0.2, 0.25) is 0 Å². The third-order valence-corrected chi connectivity index (χ3v) is 6.06. The van der Waals surface area contributed by atoms with Crippen LogP contribution in [0.5, 0.6) is 0 Å². The summed E-state index contributed by atoms with van der Waals surface area (Å²) in [4.78, 5) is 9.71. The van der Waals surface area contributed by atoms with E-state index in [9.17, 15) is 29.9 Å². The molecule has 1 aliphatic heterocycles. The minimum Gasteiger partial charge on any atom is -0.390 e. The molecule has 0 bridgehead atoms. The zero-order valence-electron chi connectivity index (χ0n) is 10.5. The number of rotatable bonds is 2. The van der Waals surface area contributed by atoms with Crippen molar-refractivity contribution in [3.8, 4) is 0 Å². The maximum atomic E-state index is 11.9. The maximum absolute atomic E-state index is 11.9. The van der Waals surface area contributed by atoms with Crippen molar-refractivity contribution in [1.82, 2.24) is 0 Å². The molecule has 0 aromatic carbocycles. The van der Waals surface area contributed by atoms with Gasteiger partial charge in [0.15, 0.2) is 0 Å². The SMILES string of the molecule is O=P1(O)OCCCC1C[C@H]1C[C@H](O)[C@@H](O)[C@@H](O)[C@@H]1O. The Labute approximate surface area is 111 Å². The summed E-state index contributed by atoms with van der Waals surface area (Å²) in [6.45, 7) is 0.251. The highest BCUT2D eigenvalue weighted by atomic mass is 31.2. The van der Waals surface area contributed by atoms with E-state index in [0.717, 1.165) is 0 Å². The fraction of sp³-hybridized carbons (Fsp3) is 1.00. The van der Waals surface area contributed by atoms with Gasteiger partial charge in [0, 0.05) is 0 Å². The van der Waals surface area contributed by atoms with Gasteiger partial charge in [-0.05, 0) is 31.6 Å². The minimum absolute atomic E-state index is 0.0931. The van der Waals surface area contributed by atoms with Gasteiger partial charge in [-0.2, -0.15) is 0 Å². The Morgan fingerprint density at radius 3 is 2.42 bits per heavy atom. The standard InChI is InChI=1S/C11H21O7P/c12-8-5-6(9(13)11(15)10(8)14)4-7-2-1-3-18-19(7,16)17/h6-15H,1-5H2,(H,16,17)/t6-,7?,8-,9+,10+,11-/m0/s1. The van der Waals surface area contributed by atoms with Gasteiger partial charge >= 0.3 is 7.60 Å². The Morgan fingerprint density at radius 1 is 1.11 bits per heavy atom. The van der Waals surface area contributed by atoms with Gasteiger partial charge in [-0.25, -0.2) is 0 Å². The summed E-state index contributed by atoms with van der Waals surface area (Å²) in [5.41, 5.74) is -0.587. The average Bonchev–Trinajstić information content (AvgIpc) is 2.35. The summed E-state index contributed by atoms with van der Waals surface area (Å²) in [6, 6.07) is 0. The molecule has 8 heteroatoms. The van der Waals surface area contributed by atoms with E-state index in [1.54, 1.807) is 0 Å². The van der Waals surface area contributed by atoms with Crippen LogP contribution in [-0.4, -0.2) is 62.0 Å². The van der Waals surface area contributed by atoms with Gasteiger partial charge in [0.05, 0.1) is 24.5 Å². The molecule has 2 unspecified atom stereocenters. The van der Waals surface area contributed by atoms with Crippen LogP contribution < -0.4 is 0 Å². The van der Waals surface area contributed by atoms with Crippen LogP contribution in [0.1, 0.15) is 25.7 Å². The highest BCUT2D eigenvalue weighted by molar-refractivity contribution is 7.53. The van der Waals surface area contributed by atoms with E-state index in [4.69, 9.17) is 4.52 Å². The Kier molecular flexibility index (Phi) is 4.67. The fourth-order valence-corrected chi connectivity index (χ4v) is 4.56. The zero-order chi connectivity index (χ0) is 14.2. The molecule has 2 fully saturated rings. The molecular weight excluding hydrogens is 275 g/mol. The molecule has 0 radical (unpaired) electrons. The first-order valence-electron chi connectivity index (χ1n) is 6.52. The molecule has 0 aromatic heterocycles. The lowest BCUT2D eigenvalue weighted by atomic mass is 9.78. The normalized spacial score (nSPS) is 52.1. The first-order valence-corrected chi connectivity index (χ1v) is 8.17. The Morgan fingerprint density at radius 2 is 1.79 bits per heavy atom. The number of hydrogen-bond acceptors (Lipinski definition) is 6. The molecule has 19 heavy (non-hydrogen) atoms. The molecule has 1 heterocycles. The van der Waals surface area contributed by atoms with E-state index in [1.807, 2.05) is 0 Å². The highest BCUT2D eigenvalue weighted by Crippen LogP contribution is 2.55. The molecular formula is C11H21O7P. The van der Waals surface area contributed by atoms with Crippen molar-refractivity contribution in [2.75, 3.05) is 6.61 Å². The van der Waals surface area contributed by atoms with Crippen molar-refractivity contribution in [3.63, 3.8) is 0 Å². The molecule has 7 atom stereocenters. The van der Waals surface area contributed by atoms with Crippen LogP contribution in [0, 0.1) is 5.92 Å². The second kappa shape index (κ2) is 5.77. The van der Waals surface area contributed by atoms with Crippen molar-refractivity contribution in [1.29, 1.82) is 0 Å². The third-order valence-electron chi connectivity index (χ3n) is 4.12. The second-order valence-electron chi connectivity index (χ2n) is 5.46. The van der Waals surface area contributed by atoms with Crippen LogP contribution >= 0.6 is 7.60 Å². The number of aliphatic hydroxyl groups excluding tert-OH is 4. The molecule has 0 aromatic rings. The maximum Gasteiger partial charge on any atom is 0.331 e. The van der Waals surface area contributed by atoms with Crippen LogP contribution in [0.25, 0.3) is 0 Å². The predicted molar refractivity (Wildman–Crippen MR) is 65.6 cm³/mol. The lowest BCUT2D eigenvalue weighted by Crippen LogP contribution is -2.54. The zero-order valence-corrected chi connectivity index (χ0v) is 11.4. The van der Waals surface area contributed by atoms with Crippen molar-refractivity contribution in [3.05, 3.63) is 0 Å². The number of aliphatic hydroxyl groups is 4. The van der Waals surface area contributed by atoms with Gasteiger partial charge in [0.1, 0.15) is 12.2 Å². The second-order valence-corrected chi connectivity index (χ2v) is 7.58. The van der Waals surface area contributed by atoms with E-state index in [1.165, 1.54) is 0 Å². The van der Waals surface area contributed by atoms with E-state index in [0.29, 0.717) is 12.8 Å². The molecule has 0 spiro atoms. The lowest BCUT2D eigenvalue weighted by Gasteiger charge is -2.40. The van der Waals surface area contributed by atoms with Crippen LogP contribution in [-0.2, 0) is 9.09 Å². The quantitative estimate of drug-likeness (QED) is 0.422. The highest BCUT2D eigenvalue weighted by Gasteiger charge is 2.45. The van der Waals surface area contributed by atoms with Crippen molar-refractivity contribution < 1.29 is 34.4 Å². The molecule has 1 saturated carbocycles. The van der Waals surface area contributed by atoms with E-state index >= 15 is 0 Å². The first kappa shape index (κ1) is 15.4. The summed E-state index contributed by atoms with van der Waals surface area (Å²) in [7, 11) is -3.68. The van der Waals surface area contributed by atoms with Gasteiger partial charge in [-0.3, -0.25) is 4.57 Å². The first-order chi connectivity index (χ1) is 8.83. The van der Waals surface area contributed by atoms with Crippen LogP contribution in [0.4, 0.5) is 0 Å². The van der Waals surface area contributed by atoms with E-state index < -0.39 is 43.6 Å². The minimum atomic E-state index is -3.68. The van der Waals surface area contributed by atoms with Crippen LogP contribution in [0.15, 0.2) is 0 Å². The molecule has 2 aliphatic rings. The lowest BCUT2D eigenvalue weighted by molar-refractivity contribution is -0.158. The Bertz CT molecular complexity index is 363. The molecule has 2 rings (SSSR count). The fourth-order valence-electron chi connectivity index (χ4n) is 2.92. The van der Waals surface area contributed by atoms with Gasteiger partial charge < -0.3 is 29.8 Å². The largest absolute Gasteiger partial charge is 0.390 e. The summed E-state index contributed by atoms with van der Waals surface area (Å²) >= 11 is 0. The molecule has 1 saturated heterocycles. The molecule has 112 valence electrons. The van der Waals surface area contributed by atoms with Crippen molar-refractivity contribution >= 4 is 7.60 Å². The van der Waals surface area contributed by atoms with Gasteiger partial charge in [-0.15, -0.1) is 0 Å². The molecule has 5 N–H and O–H groups in total. The van der Waals surface area contributed by atoms with Crippen molar-refractivity contribution in [2.24, 2.45) is 5.92 Å². The van der Waals surface area contributed by atoms with E-state index in [-0.39, 0.29) is 19.4 Å². The average molecular weight is 296 g/mol. The third kappa shape index (κ3) is 3.19. The monoisotopic (exact) mass is 296 g/mol. The van der Waals surface area contributed by atoms with E-state index in [2.05, 4.69) is 0 Å². The topological polar surface area (TPSA) is 127 Å². The van der Waals surface area contributed by atoms with Gasteiger partial charge in [0.25, 0.3) is 0 Å². The summed E-state index contributed by atoms with van der Waals surface area (Å²) in [5.74, 6) is -0.527. The summed E-state index contributed by atoms with van der Waals surface area (Å²) < 4.78 is 16.7. The van der Waals surface area contributed by atoms with Crippen LogP contribution in [0.3, 0.4) is 0 Å². The molecule has 7 nitrogen and oxygen atoms in total. The van der Waals surface area contributed by atoms with Crippen molar-refractivity contribution in [2.45, 2.75) is 55.8 Å². The Balaban J connectivity index is 2.03. The summed E-state index contributed by atoms with van der Waals surface area (Å²) in [5, 5.41) is 38.6. The molecule has 1 aliphatic carbocycles. The number of hydrogen-bond donors (Lipinski definition) is 5. The smallest absolute Gasteiger partial charge is 0.331 e. The summed E-state index contributed by atoms with van der Waals surface area (Å²) in [6.07, 6.45) is -3.68. The van der Waals surface area contributed by atoms with Gasteiger partial charge in [-0.1, -0.05) is 0 Å².